The van der Waals surface area contributed by atoms with Gasteiger partial charge in [0.15, 0.2) is 5.78 Å². The highest BCUT2D eigenvalue weighted by Crippen LogP contribution is 2.63. The number of hydrogen-bond acceptors (Lipinski definition) is 2. The molecule has 1 aromatic heterocycles. The lowest BCUT2D eigenvalue weighted by Gasteiger charge is -2.54. The minimum atomic E-state index is 0.245. The Hall–Kier alpha value is -1.12. The molecule has 1 aromatic rings. The lowest BCUT2D eigenvalue weighted by molar-refractivity contribution is -0.130. The summed E-state index contributed by atoms with van der Waals surface area (Å²) in [5.74, 6) is 5.21. The van der Waals surface area contributed by atoms with Gasteiger partial charge in [0, 0.05) is 18.3 Å². The van der Waals surface area contributed by atoms with Gasteiger partial charge in [-0.3, -0.25) is 4.79 Å². The fourth-order valence-electron chi connectivity index (χ4n) is 7.72. The molecule has 1 heterocycles. The van der Waals surface area contributed by atoms with E-state index in [4.69, 9.17) is 0 Å². The van der Waals surface area contributed by atoms with Crippen molar-refractivity contribution in [2.75, 3.05) is 0 Å². The van der Waals surface area contributed by atoms with Crippen LogP contribution < -0.4 is 0 Å². The van der Waals surface area contributed by atoms with Crippen molar-refractivity contribution in [1.82, 2.24) is 9.55 Å². The van der Waals surface area contributed by atoms with Crippen LogP contribution in [0.4, 0.5) is 0 Å². The Labute approximate surface area is 165 Å². The molecule has 7 atom stereocenters. The van der Waals surface area contributed by atoms with Gasteiger partial charge < -0.3 is 4.57 Å². The van der Waals surface area contributed by atoms with E-state index in [1.807, 2.05) is 10.8 Å². The fraction of sp³-hybridized carbons (Fsp3) is 0.833. The van der Waals surface area contributed by atoms with E-state index in [0.29, 0.717) is 12.3 Å². The van der Waals surface area contributed by atoms with E-state index >= 15 is 0 Å². The van der Waals surface area contributed by atoms with E-state index in [1.165, 1.54) is 51.4 Å². The maximum Gasteiger partial charge on any atom is 0.156 e. The van der Waals surface area contributed by atoms with E-state index in [-0.39, 0.29) is 11.3 Å². The number of ketones is 1. The summed E-state index contributed by atoms with van der Waals surface area (Å²) in [6, 6.07) is 0. The standard InChI is InChI=1S/C24H38N2O/c1-4-6-18-17(5-2)7-8-20-19(18)11-12-24(3)21(20)9-10-22(24)23(27)15-26-14-13-25-16-26/h13-14,16-22H,4-12,15H2,1-3H3. The number of Topliss-reactive ketones (excluding diaryl/α,β-unsaturated/α-hetero) is 1. The maximum atomic E-state index is 13.1. The third-order valence-corrected chi connectivity index (χ3v) is 8.95. The van der Waals surface area contributed by atoms with Gasteiger partial charge in [0.25, 0.3) is 0 Å². The molecule has 3 aliphatic rings. The molecule has 7 unspecified atom stereocenters. The SMILES string of the molecule is CCCC1C(CC)CCC2C1CCC1(C)C(C(=O)Cn3ccnc3)CCC21. The molecule has 3 heteroatoms. The van der Waals surface area contributed by atoms with E-state index in [1.54, 1.807) is 12.5 Å². The van der Waals surface area contributed by atoms with Crippen LogP contribution in [0.15, 0.2) is 18.7 Å². The first-order valence-electron chi connectivity index (χ1n) is 11.6. The van der Waals surface area contributed by atoms with Gasteiger partial charge in [-0.05, 0) is 73.5 Å². The number of fused-ring (bicyclic) bond motifs is 3. The predicted octanol–water partition coefficient (Wildman–Crippen LogP) is 5.75. The molecule has 0 amide bonds. The molecule has 0 N–H and O–H groups in total. The molecule has 27 heavy (non-hydrogen) atoms. The summed E-state index contributed by atoms with van der Waals surface area (Å²) in [6.45, 7) is 7.75. The number of imidazole rings is 1. The summed E-state index contributed by atoms with van der Waals surface area (Å²) in [4.78, 5) is 17.3. The lowest BCUT2D eigenvalue weighted by Crippen LogP contribution is -2.48. The predicted molar refractivity (Wildman–Crippen MR) is 109 cm³/mol. The van der Waals surface area contributed by atoms with Crippen molar-refractivity contribution in [3.8, 4) is 0 Å². The van der Waals surface area contributed by atoms with Crippen molar-refractivity contribution in [3.05, 3.63) is 18.7 Å². The van der Waals surface area contributed by atoms with Gasteiger partial charge in [-0.25, -0.2) is 4.98 Å². The van der Waals surface area contributed by atoms with Gasteiger partial charge in [0.1, 0.15) is 0 Å². The first-order valence-corrected chi connectivity index (χ1v) is 11.6. The van der Waals surface area contributed by atoms with Gasteiger partial charge in [-0.15, -0.1) is 0 Å². The second-order valence-corrected chi connectivity index (χ2v) is 10.0. The van der Waals surface area contributed by atoms with Crippen molar-refractivity contribution in [2.45, 2.75) is 85.1 Å². The Morgan fingerprint density at radius 1 is 1.15 bits per heavy atom. The van der Waals surface area contributed by atoms with Gasteiger partial charge in [-0.1, -0.05) is 40.0 Å². The van der Waals surface area contributed by atoms with Crippen LogP contribution in [-0.2, 0) is 11.3 Å². The molecular weight excluding hydrogens is 332 g/mol. The van der Waals surface area contributed by atoms with Crippen molar-refractivity contribution >= 4 is 5.78 Å². The molecule has 0 saturated heterocycles. The highest BCUT2D eigenvalue weighted by atomic mass is 16.1. The Morgan fingerprint density at radius 2 is 2.00 bits per heavy atom. The van der Waals surface area contributed by atoms with E-state index in [0.717, 1.165) is 36.0 Å². The van der Waals surface area contributed by atoms with Crippen LogP contribution >= 0.6 is 0 Å². The quantitative estimate of drug-likeness (QED) is 0.639. The van der Waals surface area contributed by atoms with Crippen LogP contribution in [-0.4, -0.2) is 15.3 Å². The Bertz CT molecular complexity index is 639. The van der Waals surface area contributed by atoms with Crippen molar-refractivity contribution in [3.63, 3.8) is 0 Å². The minimum absolute atomic E-state index is 0.245. The summed E-state index contributed by atoms with van der Waals surface area (Å²) in [7, 11) is 0. The fourth-order valence-corrected chi connectivity index (χ4v) is 7.72. The van der Waals surface area contributed by atoms with Crippen LogP contribution in [0.25, 0.3) is 0 Å². The minimum Gasteiger partial charge on any atom is -0.330 e. The summed E-state index contributed by atoms with van der Waals surface area (Å²) in [5.41, 5.74) is 0.245. The number of carbonyl (C=O) groups is 1. The molecule has 0 radical (unpaired) electrons. The third kappa shape index (κ3) is 3.29. The summed E-state index contributed by atoms with van der Waals surface area (Å²) >= 11 is 0. The van der Waals surface area contributed by atoms with Crippen molar-refractivity contribution in [2.24, 2.45) is 40.9 Å². The smallest absolute Gasteiger partial charge is 0.156 e. The number of nitrogens with zero attached hydrogens (tertiary/aromatic N) is 2. The third-order valence-electron chi connectivity index (χ3n) is 8.95. The number of aromatic nitrogens is 2. The molecule has 0 aliphatic heterocycles. The highest BCUT2D eigenvalue weighted by Gasteiger charge is 2.57. The summed E-state index contributed by atoms with van der Waals surface area (Å²) in [5, 5.41) is 0. The Balaban J connectivity index is 1.51. The average Bonchev–Trinajstić information content (AvgIpc) is 3.29. The molecular formula is C24H38N2O. The topological polar surface area (TPSA) is 34.9 Å². The van der Waals surface area contributed by atoms with Crippen LogP contribution in [0.1, 0.15) is 78.6 Å². The molecule has 0 bridgehead atoms. The summed E-state index contributed by atoms with van der Waals surface area (Å²) < 4.78 is 1.95. The number of hydrogen-bond donors (Lipinski definition) is 0. The van der Waals surface area contributed by atoms with Crippen molar-refractivity contribution in [1.29, 1.82) is 0 Å². The zero-order valence-electron chi connectivity index (χ0n) is 17.6. The van der Waals surface area contributed by atoms with Crippen LogP contribution in [0, 0.1) is 40.9 Å². The molecule has 3 saturated carbocycles. The molecule has 3 aliphatic carbocycles. The van der Waals surface area contributed by atoms with Crippen molar-refractivity contribution < 1.29 is 4.79 Å². The lowest BCUT2D eigenvalue weighted by atomic mass is 9.50. The van der Waals surface area contributed by atoms with Gasteiger partial charge >= 0.3 is 0 Å². The van der Waals surface area contributed by atoms with Crippen LogP contribution in [0.2, 0.25) is 0 Å². The first kappa shape index (κ1) is 19.2. The second kappa shape index (κ2) is 7.72. The Morgan fingerprint density at radius 3 is 2.70 bits per heavy atom. The second-order valence-electron chi connectivity index (χ2n) is 10.0. The average molecular weight is 371 g/mol. The molecule has 3 nitrogen and oxygen atoms in total. The van der Waals surface area contributed by atoms with Gasteiger partial charge in [0.05, 0.1) is 12.9 Å². The summed E-state index contributed by atoms with van der Waals surface area (Å²) in [6.07, 6.45) is 17.5. The largest absolute Gasteiger partial charge is 0.330 e. The normalized spacial score (nSPS) is 41.1. The molecule has 0 aromatic carbocycles. The number of carbonyl (C=O) groups excluding carboxylic acids is 1. The zero-order valence-corrected chi connectivity index (χ0v) is 17.6. The monoisotopic (exact) mass is 370 g/mol. The molecule has 4 rings (SSSR count). The molecule has 150 valence electrons. The van der Waals surface area contributed by atoms with E-state index in [9.17, 15) is 4.79 Å². The molecule has 0 spiro atoms. The molecule has 3 fully saturated rings. The van der Waals surface area contributed by atoms with E-state index < -0.39 is 0 Å². The van der Waals surface area contributed by atoms with Crippen LogP contribution in [0.3, 0.4) is 0 Å². The van der Waals surface area contributed by atoms with E-state index in [2.05, 4.69) is 25.8 Å². The van der Waals surface area contributed by atoms with Gasteiger partial charge in [0.2, 0.25) is 0 Å². The zero-order chi connectivity index (χ0) is 19.0. The maximum absolute atomic E-state index is 13.1. The highest BCUT2D eigenvalue weighted by molar-refractivity contribution is 5.82. The Kier molecular flexibility index (Phi) is 5.49. The number of rotatable bonds is 6. The van der Waals surface area contributed by atoms with Crippen LogP contribution in [0.5, 0.6) is 0 Å². The first-order chi connectivity index (χ1) is 13.1. The van der Waals surface area contributed by atoms with Gasteiger partial charge in [-0.2, -0.15) is 0 Å².